The standard InChI is InChI=1S/C13H16BrNO3.Na/c14-11-7-9(8-13(16)17)1-2-12(11)18-10-3-5-15-6-4-10;/h1-2,7,10,15H,3-6,8H2,(H,16,17);/q;+1/p-1. The van der Waals surface area contributed by atoms with Crippen molar-refractivity contribution in [1.29, 1.82) is 0 Å². The van der Waals surface area contributed by atoms with Crippen LogP contribution in [0.2, 0.25) is 0 Å². The molecule has 0 atom stereocenters. The van der Waals surface area contributed by atoms with Crippen LogP contribution in [-0.2, 0) is 11.2 Å². The van der Waals surface area contributed by atoms with Gasteiger partial charge in [-0.15, -0.1) is 0 Å². The van der Waals surface area contributed by atoms with E-state index in [4.69, 9.17) is 4.74 Å². The van der Waals surface area contributed by atoms with Gasteiger partial charge in [0.15, 0.2) is 0 Å². The zero-order chi connectivity index (χ0) is 13.0. The van der Waals surface area contributed by atoms with Gasteiger partial charge in [0.05, 0.1) is 4.47 Å². The minimum atomic E-state index is -1.08. The number of piperidine rings is 1. The molecule has 1 aliphatic heterocycles. The van der Waals surface area contributed by atoms with Crippen LogP contribution in [0.15, 0.2) is 22.7 Å². The molecular formula is C13H15BrNNaO3. The topological polar surface area (TPSA) is 61.4 Å². The van der Waals surface area contributed by atoms with E-state index < -0.39 is 5.97 Å². The third-order valence-electron chi connectivity index (χ3n) is 2.92. The van der Waals surface area contributed by atoms with E-state index in [1.165, 1.54) is 0 Å². The molecule has 1 aromatic carbocycles. The van der Waals surface area contributed by atoms with Crippen LogP contribution in [0.1, 0.15) is 18.4 Å². The summed E-state index contributed by atoms with van der Waals surface area (Å²) in [6, 6.07) is 5.34. The van der Waals surface area contributed by atoms with Gasteiger partial charge in [0.2, 0.25) is 0 Å². The van der Waals surface area contributed by atoms with E-state index in [2.05, 4.69) is 21.2 Å². The van der Waals surface area contributed by atoms with Gasteiger partial charge in [0, 0.05) is 12.4 Å². The van der Waals surface area contributed by atoms with Gasteiger partial charge in [-0.05, 0) is 59.6 Å². The van der Waals surface area contributed by atoms with E-state index in [1.54, 1.807) is 12.1 Å². The first kappa shape index (κ1) is 17.0. The summed E-state index contributed by atoms with van der Waals surface area (Å²) in [5.74, 6) is -0.307. The van der Waals surface area contributed by atoms with Crippen molar-refractivity contribution in [1.82, 2.24) is 5.32 Å². The molecule has 4 nitrogen and oxygen atoms in total. The van der Waals surface area contributed by atoms with Crippen molar-refractivity contribution in [3.05, 3.63) is 28.2 Å². The molecular weight excluding hydrogens is 321 g/mol. The van der Waals surface area contributed by atoms with Gasteiger partial charge in [0.25, 0.3) is 0 Å². The number of halogens is 1. The molecule has 0 saturated carbocycles. The molecule has 1 aliphatic rings. The molecule has 0 amide bonds. The van der Waals surface area contributed by atoms with Crippen molar-refractivity contribution in [2.45, 2.75) is 25.4 Å². The Labute approximate surface area is 143 Å². The Morgan fingerprint density at radius 1 is 1.42 bits per heavy atom. The normalized spacial score (nSPS) is 15.6. The molecule has 1 heterocycles. The van der Waals surface area contributed by atoms with Crippen LogP contribution in [0.25, 0.3) is 0 Å². The minimum absolute atomic E-state index is 0. The fourth-order valence-corrected chi connectivity index (χ4v) is 2.53. The fourth-order valence-electron chi connectivity index (χ4n) is 2.01. The van der Waals surface area contributed by atoms with Crippen LogP contribution in [0, 0.1) is 0 Å². The molecule has 0 aliphatic carbocycles. The van der Waals surface area contributed by atoms with E-state index in [0.717, 1.165) is 36.2 Å². The quantitative estimate of drug-likeness (QED) is 0.639. The van der Waals surface area contributed by atoms with Crippen molar-refractivity contribution < 1.29 is 44.2 Å². The van der Waals surface area contributed by atoms with Gasteiger partial charge in [-0.25, -0.2) is 0 Å². The van der Waals surface area contributed by atoms with Crippen molar-refractivity contribution in [2.24, 2.45) is 0 Å². The summed E-state index contributed by atoms with van der Waals surface area (Å²) in [5.41, 5.74) is 0.708. The van der Waals surface area contributed by atoms with Crippen molar-refractivity contribution in [2.75, 3.05) is 13.1 Å². The Morgan fingerprint density at radius 2 is 2.11 bits per heavy atom. The second-order valence-corrected chi connectivity index (χ2v) is 5.24. The summed E-state index contributed by atoms with van der Waals surface area (Å²) >= 11 is 3.41. The minimum Gasteiger partial charge on any atom is -0.550 e. The second-order valence-electron chi connectivity index (χ2n) is 4.38. The molecule has 98 valence electrons. The van der Waals surface area contributed by atoms with Crippen molar-refractivity contribution >= 4 is 21.9 Å². The number of nitrogens with one attached hydrogen (secondary N) is 1. The summed E-state index contributed by atoms with van der Waals surface area (Å²) < 4.78 is 6.69. The van der Waals surface area contributed by atoms with Crippen LogP contribution in [0.3, 0.4) is 0 Å². The van der Waals surface area contributed by atoms with Crippen molar-refractivity contribution in [3.63, 3.8) is 0 Å². The van der Waals surface area contributed by atoms with Gasteiger partial charge in [0.1, 0.15) is 11.9 Å². The van der Waals surface area contributed by atoms with Gasteiger partial charge in [-0.1, -0.05) is 6.07 Å². The van der Waals surface area contributed by atoms with E-state index in [1.807, 2.05) is 6.07 Å². The number of hydrogen-bond donors (Lipinski definition) is 1. The smallest absolute Gasteiger partial charge is 0.550 e. The predicted molar refractivity (Wildman–Crippen MR) is 69.4 cm³/mol. The van der Waals surface area contributed by atoms with Gasteiger partial charge in [-0.3, -0.25) is 0 Å². The Balaban J connectivity index is 0.00000180. The molecule has 0 aromatic heterocycles. The number of aliphatic carboxylic acids is 1. The zero-order valence-corrected chi connectivity index (χ0v) is 14.5. The maximum atomic E-state index is 10.5. The van der Waals surface area contributed by atoms with Crippen LogP contribution in [0.4, 0.5) is 0 Å². The van der Waals surface area contributed by atoms with Crippen LogP contribution >= 0.6 is 15.9 Å². The van der Waals surface area contributed by atoms with Crippen LogP contribution in [0.5, 0.6) is 5.75 Å². The molecule has 19 heavy (non-hydrogen) atoms. The Bertz CT molecular complexity index is 436. The predicted octanol–water partition coefficient (Wildman–Crippen LogP) is -2.12. The molecule has 0 bridgehead atoms. The first-order valence-electron chi connectivity index (χ1n) is 6.01. The average molecular weight is 336 g/mol. The molecule has 0 radical (unpaired) electrons. The zero-order valence-electron chi connectivity index (χ0n) is 10.9. The molecule has 6 heteroatoms. The molecule has 2 rings (SSSR count). The Morgan fingerprint density at radius 3 is 2.68 bits per heavy atom. The average Bonchev–Trinajstić information content (AvgIpc) is 2.33. The maximum absolute atomic E-state index is 10.5. The SMILES string of the molecule is O=C([O-])Cc1ccc(OC2CCNCC2)c(Br)c1.[Na+]. The Kier molecular flexibility index (Phi) is 7.39. The molecule has 0 unspecified atom stereocenters. The number of benzene rings is 1. The van der Waals surface area contributed by atoms with E-state index in [0.29, 0.717) is 5.56 Å². The summed E-state index contributed by atoms with van der Waals surface area (Å²) in [6.45, 7) is 1.95. The first-order valence-corrected chi connectivity index (χ1v) is 6.80. The van der Waals surface area contributed by atoms with Gasteiger partial charge < -0.3 is 20.0 Å². The van der Waals surface area contributed by atoms with Gasteiger partial charge >= 0.3 is 29.6 Å². The number of hydrogen-bond acceptors (Lipinski definition) is 4. The first-order chi connectivity index (χ1) is 8.65. The second kappa shape index (κ2) is 8.27. The number of ether oxygens (including phenoxy) is 1. The third kappa shape index (κ3) is 5.44. The monoisotopic (exact) mass is 335 g/mol. The Hall–Kier alpha value is -0.0700. The van der Waals surface area contributed by atoms with Crippen molar-refractivity contribution in [3.8, 4) is 5.75 Å². The summed E-state index contributed by atoms with van der Waals surface area (Å²) in [5, 5.41) is 13.8. The van der Waals surface area contributed by atoms with E-state index in [9.17, 15) is 9.90 Å². The van der Waals surface area contributed by atoms with Crippen LogP contribution < -0.4 is 44.7 Å². The number of rotatable bonds is 4. The summed E-state index contributed by atoms with van der Waals surface area (Å²) in [7, 11) is 0. The number of carbonyl (C=O) groups excluding carboxylic acids is 1. The van der Waals surface area contributed by atoms with Crippen LogP contribution in [-0.4, -0.2) is 25.2 Å². The molecule has 1 N–H and O–H groups in total. The van der Waals surface area contributed by atoms with E-state index >= 15 is 0 Å². The van der Waals surface area contributed by atoms with E-state index in [-0.39, 0.29) is 42.1 Å². The maximum Gasteiger partial charge on any atom is 1.00 e. The molecule has 0 spiro atoms. The molecule has 1 fully saturated rings. The van der Waals surface area contributed by atoms with Gasteiger partial charge in [-0.2, -0.15) is 0 Å². The molecule has 1 aromatic rings. The third-order valence-corrected chi connectivity index (χ3v) is 3.54. The number of carbonyl (C=O) groups is 1. The largest absolute Gasteiger partial charge is 1.00 e. The molecule has 1 saturated heterocycles. The number of carboxylic acid groups (broad SMARTS) is 1. The summed E-state index contributed by atoms with van der Waals surface area (Å²) in [4.78, 5) is 10.5. The summed E-state index contributed by atoms with van der Waals surface area (Å²) in [6.07, 6.45) is 2.14. The number of carboxylic acids is 1. The fraction of sp³-hybridized carbons (Fsp3) is 0.462.